The lowest BCUT2D eigenvalue weighted by Crippen LogP contribution is -2.40. The molecule has 0 unspecified atom stereocenters. The van der Waals surface area contributed by atoms with Crippen molar-refractivity contribution in [2.75, 3.05) is 13.1 Å². The van der Waals surface area contributed by atoms with Gasteiger partial charge in [0.1, 0.15) is 0 Å². The van der Waals surface area contributed by atoms with E-state index in [4.69, 9.17) is 4.99 Å². The van der Waals surface area contributed by atoms with Crippen LogP contribution in [-0.2, 0) is 12.8 Å². The average molecular weight is 284 g/mol. The number of nitrogens with zero attached hydrogens (tertiary/aromatic N) is 2. The Morgan fingerprint density at radius 1 is 1.24 bits per heavy atom. The van der Waals surface area contributed by atoms with Gasteiger partial charge in [0, 0.05) is 24.1 Å². The Morgan fingerprint density at radius 3 is 2.67 bits per heavy atom. The molecule has 0 bridgehead atoms. The number of hydrogen-bond acceptors (Lipinski definition) is 2. The molecule has 2 aliphatic heterocycles. The number of para-hydroxylation sites is 1. The summed E-state index contributed by atoms with van der Waals surface area (Å²) >= 11 is 0. The molecule has 2 heterocycles. The van der Waals surface area contributed by atoms with E-state index in [9.17, 15) is 0 Å². The second kappa shape index (κ2) is 6.31. The lowest BCUT2D eigenvalue weighted by molar-refractivity contribution is 0.169. The van der Waals surface area contributed by atoms with Gasteiger partial charge in [0.25, 0.3) is 0 Å². The zero-order chi connectivity index (χ0) is 14.8. The van der Waals surface area contributed by atoms with Gasteiger partial charge in [0.05, 0.1) is 5.69 Å². The lowest BCUT2D eigenvalue weighted by atomic mass is 9.89. The smallest absolute Gasteiger partial charge is 0.0697 e. The van der Waals surface area contributed by atoms with Gasteiger partial charge >= 0.3 is 0 Å². The van der Waals surface area contributed by atoms with E-state index < -0.39 is 0 Å². The molecule has 0 saturated carbocycles. The lowest BCUT2D eigenvalue weighted by Gasteiger charge is -2.34. The van der Waals surface area contributed by atoms with E-state index in [1.165, 1.54) is 54.9 Å². The zero-order valence-electron chi connectivity index (χ0n) is 13.7. The molecular weight excluding hydrogens is 256 g/mol. The molecule has 2 heteroatoms. The summed E-state index contributed by atoms with van der Waals surface area (Å²) in [7, 11) is 0. The first-order valence-electron chi connectivity index (χ1n) is 8.61. The maximum absolute atomic E-state index is 5.06. The van der Waals surface area contributed by atoms with Gasteiger partial charge < -0.3 is 4.90 Å². The van der Waals surface area contributed by atoms with Crippen molar-refractivity contribution in [1.29, 1.82) is 0 Å². The summed E-state index contributed by atoms with van der Waals surface area (Å²) in [5.41, 5.74) is 5.67. The summed E-state index contributed by atoms with van der Waals surface area (Å²) in [6.45, 7) is 9.33. The van der Waals surface area contributed by atoms with Crippen molar-refractivity contribution in [2.24, 2.45) is 10.9 Å². The van der Waals surface area contributed by atoms with E-state index in [2.05, 4.69) is 43.9 Å². The van der Waals surface area contributed by atoms with Crippen LogP contribution in [-0.4, -0.2) is 29.7 Å². The van der Waals surface area contributed by atoms with Crippen LogP contribution in [0.3, 0.4) is 0 Å². The average Bonchev–Trinajstić information content (AvgIpc) is 2.93. The molecule has 2 nitrogen and oxygen atoms in total. The summed E-state index contributed by atoms with van der Waals surface area (Å²) < 4.78 is 0. The van der Waals surface area contributed by atoms with Gasteiger partial charge in [0.15, 0.2) is 0 Å². The fourth-order valence-electron chi connectivity index (χ4n) is 3.76. The second-order valence-electron chi connectivity index (χ2n) is 6.86. The van der Waals surface area contributed by atoms with Gasteiger partial charge in [-0.3, -0.25) is 4.99 Å². The van der Waals surface area contributed by atoms with Gasteiger partial charge in [-0.25, -0.2) is 0 Å². The molecule has 1 aromatic carbocycles. The highest BCUT2D eigenvalue weighted by Crippen LogP contribution is 2.35. The SMILES string of the molecule is CCCc1cccc2c1N=C(C1CCN(C(C)C)CC1)C2. The second-order valence-corrected chi connectivity index (χ2v) is 6.86. The molecule has 0 amide bonds. The van der Waals surface area contributed by atoms with Crippen LogP contribution in [0.5, 0.6) is 0 Å². The molecule has 0 N–H and O–H groups in total. The molecular formula is C19H28N2. The summed E-state index contributed by atoms with van der Waals surface area (Å²) in [5, 5.41) is 0. The number of aliphatic imine (C=N–C) groups is 1. The Morgan fingerprint density at radius 2 is 2.00 bits per heavy atom. The van der Waals surface area contributed by atoms with Crippen molar-refractivity contribution in [2.45, 2.75) is 58.9 Å². The number of rotatable bonds is 4. The number of piperidine rings is 1. The molecule has 2 aliphatic rings. The van der Waals surface area contributed by atoms with Crippen LogP contribution < -0.4 is 0 Å². The Balaban J connectivity index is 1.72. The predicted molar refractivity (Wildman–Crippen MR) is 90.7 cm³/mol. The van der Waals surface area contributed by atoms with Crippen molar-refractivity contribution >= 4 is 11.4 Å². The Hall–Kier alpha value is -1.15. The van der Waals surface area contributed by atoms with Crippen LogP contribution in [0, 0.1) is 5.92 Å². The van der Waals surface area contributed by atoms with E-state index in [1.807, 2.05) is 0 Å². The molecule has 0 radical (unpaired) electrons. The van der Waals surface area contributed by atoms with E-state index in [0.717, 1.165) is 12.8 Å². The van der Waals surface area contributed by atoms with Crippen molar-refractivity contribution in [3.63, 3.8) is 0 Å². The van der Waals surface area contributed by atoms with E-state index >= 15 is 0 Å². The maximum Gasteiger partial charge on any atom is 0.0697 e. The van der Waals surface area contributed by atoms with Gasteiger partial charge in [0.2, 0.25) is 0 Å². The summed E-state index contributed by atoms with van der Waals surface area (Å²) in [4.78, 5) is 7.66. The summed E-state index contributed by atoms with van der Waals surface area (Å²) in [6.07, 6.45) is 6.03. The fraction of sp³-hybridized carbons (Fsp3) is 0.632. The van der Waals surface area contributed by atoms with Gasteiger partial charge in [-0.2, -0.15) is 0 Å². The van der Waals surface area contributed by atoms with Crippen LogP contribution in [0.4, 0.5) is 5.69 Å². The molecule has 3 rings (SSSR count). The number of fused-ring (bicyclic) bond motifs is 1. The third-order valence-corrected chi connectivity index (χ3v) is 5.08. The van der Waals surface area contributed by atoms with Crippen molar-refractivity contribution in [3.05, 3.63) is 29.3 Å². The van der Waals surface area contributed by atoms with Crippen LogP contribution in [0.2, 0.25) is 0 Å². The minimum atomic E-state index is 0.685. The van der Waals surface area contributed by atoms with Crippen LogP contribution in [0.1, 0.15) is 51.2 Å². The van der Waals surface area contributed by atoms with Crippen molar-refractivity contribution in [1.82, 2.24) is 4.90 Å². The standard InChI is InChI=1S/C19H28N2/c1-4-6-16-7-5-8-17-13-18(20-19(16)17)15-9-11-21(12-10-15)14(2)3/h5,7-8,14-15H,4,6,9-13H2,1-3H3. The summed E-state index contributed by atoms with van der Waals surface area (Å²) in [6, 6.07) is 7.43. The Kier molecular flexibility index (Phi) is 4.44. The van der Waals surface area contributed by atoms with E-state index in [1.54, 1.807) is 0 Å². The summed E-state index contributed by atoms with van der Waals surface area (Å²) in [5.74, 6) is 0.710. The molecule has 1 saturated heterocycles. The van der Waals surface area contributed by atoms with E-state index in [0.29, 0.717) is 12.0 Å². The van der Waals surface area contributed by atoms with Gasteiger partial charge in [-0.05, 0) is 57.3 Å². The molecule has 114 valence electrons. The highest BCUT2D eigenvalue weighted by Gasteiger charge is 2.28. The zero-order valence-corrected chi connectivity index (χ0v) is 13.7. The molecule has 0 atom stereocenters. The quantitative estimate of drug-likeness (QED) is 0.800. The first-order valence-corrected chi connectivity index (χ1v) is 8.61. The minimum absolute atomic E-state index is 0.685. The number of benzene rings is 1. The third-order valence-electron chi connectivity index (χ3n) is 5.08. The molecule has 1 aromatic rings. The predicted octanol–water partition coefficient (Wildman–Crippen LogP) is 4.39. The fourth-order valence-corrected chi connectivity index (χ4v) is 3.76. The van der Waals surface area contributed by atoms with Crippen LogP contribution >= 0.6 is 0 Å². The molecule has 1 fully saturated rings. The number of aryl methyl sites for hydroxylation is 1. The third kappa shape index (κ3) is 3.06. The largest absolute Gasteiger partial charge is 0.301 e. The first-order chi connectivity index (χ1) is 10.2. The Bertz CT molecular complexity index is 522. The number of likely N-dealkylation sites (tertiary alicyclic amines) is 1. The molecule has 21 heavy (non-hydrogen) atoms. The highest BCUT2D eigenvalue weighted by molar-refractivity contribution is 5.96. The van der Waals surface area contributed by atoms with Crippen molar-refractivity contribution < 1.29 is 0 Å². The first kappa shape index (κ1) is 14.8. The van der Waals surface area contributed by atoms with Gasteiger partial charge in [-0.1, -0.05) is 31.5 Å². The monoisotopic (exact) mass is 284 g/mol. The highest BCUT2D eigenvalue weighted by atomic mass is 15.1. The van der Waals surface area contributed by atoms with Gasteiger partial charge in [-0.15, -0.1) is 0 Å². The van der Waals surface area contributed by atoms with Crippen molar-refractivity contribution in [3.8, 4) is 0 Å². The number of hydrogen-bond donors (Lipinski definition) is 0. The van der Waals surface area contributed by atoms with Crippen LogP contribution in [0.25, 0.3) is 0 Å². The maximum atomic E-state index is 5.06. The Labute approximate surface area is 129 Å². The molecule has 0 aliphatic carbocycles. The normalized spacial score (nSPS) is 19.9. The topological polar surface area (TPSA) is 15.6 Å². The van der Waals surface area contributed by atoms with Crippen LogP contribution in [0.15, 0.2) is 23.2 Å². The minimum Gasteiger partial charge on any atom is -0.301 e. The molecule has 0 aromatic heterocycles. The van der Waals surface area contributed by atoms with E-state index in [-0.39, 0.29) is 0 Å². The molecule has 0 spiro atoms.